The number of hydrogen-bond acceptors (Lipinski definition) is 4. The summed E-state index contributed by atoms with van der Waals surface area (Å²) >= 11 is 5.99. The molecule has 0 radical (unpaired) electrons. The molecule has 3 aromatic carbocycles. The molecule has 0 spiro atoms. The van der Waals surface area contributed by atoms with Crippen molar-refractivity contribution in [2.45, 2.75) is 44.6 Å². The largest absolute Gasteiger partial charge is 0.354 e. The van der Waals surface area contributed by atoms with Gasteiger partial charge in [-0.15, -0.1) is 0 Å². The number of aryl methyl sites for hydroxylation is 1. The lowest BCUT2D eigenvalue weighted by Crippen LogP contribution is -2.52. The Morgan fingerprint density at radius 1 is 0.947 bits per heavy atom. The van der Waals surface area contributed by atoms with Crippen LogP contribution in [0.2, 0.25) is 5.02 Å². The molecular weight excluding hydrogens is 522 g/mol. The van der Waals surface area contributed by atoms with Crippen molar-refractivity contribution in [2.24, 2.45) is 0 Å². The number of sulfonamides is 1. The molecule has 9 heteroatoms. The zero-order chi connectivity index (χ0) is 27.7. The molecule has 0 aliphatic heterocycles. The predicted octanol–water partition coefficient (Wildman–Crippen LogP) is 4.83. The highest BCUT2D eigenvalue weighted by Gasteiger charge is 2.32. The highest BCUT2D eigenvalue weighted by Crippen LogP contribution is 2.27. The molecule has 0 aliphatic carbocycles. The molecule has 0 saturated carbocycles. The molecule has 0 fully saturated rings. The molecule has 0 bridgehead atoms. The number of rotatable bonds is 12. The van der Waals surface area contributed by atoms with E-state index < -0.39 is 28.5 Å². The summed E-state index contributed by atoms with van der Waals surface area (Å²) in [6.45, 7) is 5.69. The monoisotopic (exact) mass is 555 g/mol. The second-order valence-corrected chi connectivity index (χ2v) is 11.3. The van der Waals surface area contributed by atoms with Gasteiger partial charge < -0.3 is 10.2 Å². The van der Waals surface area contributed by atoms with Gasteiger partial charge in [0.2, 0.25) is 11.8 Å². The number of anilines is 1. The molecule has 2 amide bonds. The minimum atomic E-state index is -4.12. The van der Waals surface area contributed by atoms with E-state index in [-0.39, 0.29) is 17.3 Å². The standard InChI is InChI=1S/C29H34ClN3O4S/c1-4-19-31-29(35)23(3)32(20-18-24-11-6-5-7-12-24)28(34)21-33(27-13-9-8-10-22(27)2)38(36,37)26-16-14-25(30)15-17-26/h5-17,23H,4,18-21H2,1-3H3,(H,31,35)/t23-/m0/s1. The number of nitrogens with one attached hydrogen (secondary N) is 1. The number of halogens is 1. The van der Waals surface area contributed by atoms with E-state index in [9.17, 15) is 18.0 Å². The van der Waals surface area contributed by atoms with Gasteiger partial charge in [0.05, 0.1) is 10.6 Å². The quantitative estimate of drug-likeness (QED) is 0.347. The third-order valence-corrected chi connectivity index (χ3v) is 8.29. The van der Waals surface area contributed by atoms with Gasteiger partial charge >= 0.3 is 0 Å². The summed E-state index contributed by atoms with van der Waals surface area (Å²) in [5.74, 6) is -0.753. The number of benzene rings is 3. The lowest BCUT2D eigenvalue weighted by molar-refractivity contribution is -0.138. The van der Waals surface area contributed by atoms with Gasteiger partial charge in [0.15, 0.2) is 0 Å². The molecule has 1 N–H and O–H groups in total. The SMILES string of the molecule is CCCNC(=O)[C@H](C)N(CCc1ccccc1)C(=O)CN(c1ccccc1C)S(=O)(=O)c1ccc(Cl)cc1. The Morgan fingerprint density at radius 3 is 2.21 bits per heavy atom. The maximum Gasteiger partial charge on any atom is 0.264 e. The average molecular weight is 556 g/mol. The van der Waals surface area contributed by atoms with Crippen molar-refractivity contribution in [1.82, 2.24) is 10.2 Å². The molecule has 0 saturated heterocycles. The Hall–Kier alpha value is -3.36. The van der Waals surface area contributed by atoms with Crippen molar-refractivity contribution >= 4 is 39.1 Å². The van der Waals surface area contributed by atoms with E-state index in [1.54, 1.807) is 38.1 Å². The second kappa shape index (κ2) is 13.4. The molecule has 38 heavy (non-hydrogen) atoms. The summed E-state index contributed by atoms with van der Waals surface area (Å²) in [4.78, 5) is 28.2. The van der Waals surface area contributed by atoms with Crippen LogP contribution in [0.25, 0.3) is 0 Å². The summed E-state index contributed by atoms with van der Waals surface area (Å²) in [7, 11) is -4.12. The first-order chi connectivity index (χ1) is 18.1. The van der Waals surface area contributed by atoms with Crippen LogP contribution in [-0.2, 0) is 26.0 Å². The third-order valence-electron chi connectivity index (χ3n) is 6.27. The molecule has 7 nitrogen and oxygen atoms in total. The van der Waals surface area contributed by atoms with Gasteiger partial charge in [-0.1, -0.05) is 67.1 Å². The Labute approximate surface area is 230 Å². The number of amides is 2. The van der Waals surface area contributed by atoms with E-state index in [0.717, 1.165) is 16.3 Å². The smallest absolute Gasteiger partial charge is 0.264 e. The first-order valence-corrected chi connectivity index (χ1v) is 14.4. The van der Waals surface area contributed by atoms with Crippen molar-refractivity contribution in [3.05, 3.63) is 95.0 Å². The zero-order valence-corrected chi connectivity index (χ0v) is 23.5. The molecule has 0 unspecified atom stereocenters. The minimum absolute atomic E-state index is 0.0162. The minimum Gasteiger partial charge on any atom is -0.354 e. The Bertz CT molecular complexity index is 1330. The Balaban J connectivity index is 1.97. The van der Waals surface area contributed by atoms with E-state index in [1.165, 1.54) is 29.2 Å². The van der Waals surface area contributed by atoms with Crippen LogP contribution in [0.3, 0.4) is 0 Å². The fourth-order valence-electron chi connectivity index (χ4n) is 4.06. The first kappa shape index (κ1) is 29.2. The molecule has 0 heterocycles. The first-order valence-electron chi connectivity index (χ1n) is 12.6. The van der Waals surface area contributed by atoms with Gasteiger partial charge in [0.1, 0.15) is 12.6 Å². The van der Waals surface area contributed by atoms with Gasteiger partial charge in [0, 0.05) is 18.1 Å². The summed E-state index contributed by atoms with van der Waals surface area (Å²) in [6.07, 6.45) is 1.28. The molecule has 202 valence electrons. The van der Waals surface area contributed by atoms with Crippen LogP contribution in [0, 0.1) is 6.92 Å². The summed E-state index contributed by atoms with van der Waals surface area (Å²) in [5.41, 5.74) is 2.10. The zero-order valence-electron chi connectivity index (χ0n) is 21.9. The van der Waals surface area contributed by atoms with Crippen molar-refractivity contribution in [1.29, 1.82) is 0 Å². The van der Waals surface area contributed by atoms with E-state index in [1.807, 2.05) is 37.3 Å². The third kappa shape index (κ3) is 7.36. The van der Waals surface area contributed by atoms with Gasteiger partial charge in [-0.3, -0.25) is 13.9 Å². The molecular formula is C29H34ClN3O4S. The van der Waals surface area contributed by atoms with Crippen molar-refractivity contribution in [3.63, 3.8) is 0 Å². The normalized spacial score (nSPS) is 12.0. The number of carbonyl (C=O) groups is 2. The fraction of sp³-hybridized carbons (Fsp3) is 0.310. The predicted molar refractivity (Wildman–Crippen MR) is 152 cm³/mol. The molecule has 0 aromatic heterocycles. The lowest BCUT2D eigenvalue weighted by Gasteiger charge is -2.32. The molecule has 1 atom stereocenters. The van der Waals surface area contributed by atoms with E-state index in [0.29, 0.717) is 29.2 Å². The van der Waals surface area contributed by atoms with Crippen LogP contribution in [0.15, 0.2) is 83.8 Å². The van der Waals surface area contributed by atoms with E-state index in [4.69, 9.17) is 11.6 Å². The van der Waals surface area contributed by atoms with Gasteiger partial charge in [-0.05, 0) is 68.1 Å². The Morgan fingerprint density at radius 2 is 1.58 bits per heavy atom. The van der Waals surface area contributed by atoms with Crippen molar-refractivity contribution in [3.8, 4) is 0 Å². The molecule has 3 rings (SSSR count). The highest BCUT2D eigenvalue weighted by molar-refractivity contribution is 7.92. The number of para-hydroxylation sites is 1. The second-order valence-electron chi connectivity index (χ2n) is 9.04. The van der Waals surface area contributed by atoms with Gasteiger partial charge in [-0.2, -0.15) is 0 Å². The van der Waals surface area contributed by atoms with Crippen LogP contribution in [0.4, 0.5) is 5.69 Å². The average Bonchev–Trinajstić information content (AvgIpc) is 2.91. The molecule has 3 aromatic rings. The van der Waals surface area contributed by atoms with Crippen LogP contribution in [-0.4, -0.2) is 50.8 Å². The maximum atomic E-state index is 13.8. The van der Waals surface area contributed by atoms with E-state index >= 15 is 0 Å². The van der Waals surface area contributed by atoms with E-state index in [2.05, 4.69) is 5.32 Å². The Kier molecular flexibility index (Phi) is 10.3. The fourth-order valence-corrected chi connectivity index (χ4v) is 5.66. The van der Waals surface area contributed by atoms with Crippen LogP contribution >= 0.6 is 11.6 Å². The van der Waals surface area contributed by atoms with Crippen LogP contribution in [0.5, 0.6) is 0 Å². The lowest BCUT2D eigenvalue weighted by atomic mass is 10.1. The van der Waals surface area contributed by atoms with Crippen LogP contribution in [0.1, 0.15) is 31.4 Å². The van der Waals surface area contributed by atoms with Gasteiger partial charge in [-0.25, -0.2) is 8.42 Å². The molecule has 0 aliphatic rings. The highest BCUT2D eigenvalue weighted by atomic mass is 35.5. The maximum absolute atomic E-state index is 13.8. The van der Waals surface area contributed by atoms with Crippen molar-refractivity contribution in [2.75, 3.05) is 23.9 Å². The van der Waals surface area contributed by atoms with Gasteiger partial charge in [0.25, 0.3) is 10.0 Å². The summed E-state index contributed by atoms with van der Waals surface area (Å²) in [5, 5.41) is 3.25. The topological polar surface area (TPSA) is 86.8 Å². The number of carbonyl (C=O) groups excluding carboxylic acids is 2. The summed E-state index contributed by atoms with van der Waals surface area (Å²) in [6, 6.07) is 21.7. The number of nitrogens with zero attached hydrogens (tertiary/aromatic N) is 2. The number of hydrogen-bond donors (Lipinski definition) is 1. The van der Waals surface area contributed by atoms with Crippen LogP contribution < -0.4 is 9.62 Å². The van der Waals surface area contributed by atoms with Crippen molar-refractivity contribution < 1.29 is 18.0 Å². The summed E-state index contributed by atoms with van der Waals surface area (Å²) < 4.78 is 28.7.